The summed E-state index contributed by atoms with van der Waals surface area (Å²) in [5, 5.41) is 3.48. The van der Waals surface area contributed by atoms with Crippen LogP contribution in [0, 0.1) is 0 Å². The molecule has 0 aliphatic rings. The molecule has 2 nitrogen and oxygen atoms in total. The summed E-state index contributed by atoms with van der Waals surface area (Å²) in [6, 6.07) is 6.16. The molecule has 0 fully saturated rings. The van der Waals surface area contributed by atoms with Crippen LogP contribution in [-0.4, -0.2) is 24.2 Å². The van der Waals surface area contributed by atoms with Crippen LogP contribution in [0.25, 0.3) is 0 Å². The molecular weight excluding hydrogens is 310 g/mol. The fourth-order valence-corrected chi connectivity index (χ4v) is 2.02. The molecule has 0 unspecified atom stereocenters. The Morgan fingerprint density at radius 1 is 1.33 bits per heavy atom. The first-order chi connectivity index (χ1) is 8.42. The molecular formula is C14H22BrNOS. The highest BCUT2D eigenvalue weighted by atomic mass is 79.9. The van der Waals surface area contributed by atoms with Gasteiger partial charge in [-0.1, -0.05) is 15.9 Å². The van der Waals surface area contributed by atoms with Gasteiger partial charge in [-0.25, -0.2) is 0 Å². The molecule has 4 heteroatoms. The molecule has 0 saturated heterocycles. The molecule has 0 amide bonds. The highest BCUT2D eigenvalue weighted by molar-refractivity contribution is 9.10. The van der Waals surface area contributed by atoms with Crippen LogP contribution in [0.2, 0.25) is 0 Å². The quantitative estimate of drug-likeness (QED) is 0.793. The lowest BCUT2D eigenvalue weighted by molar-refractivity contribution is 0.343. The first-order valence-electron chi connectivity index (χ1n) is 6.07. The van der Waals surface area contributed by atoms with Gasteiger partial charge in [0.15, 0.2) is 0 Å². The van der Waals surface area contributed by atoms with Gasteiger partial charge in [-0.3, -0.25) is 0 Å². The zero-order valence-corrected chi connectivity index (χ0v) is 14.0. The van der Waals surface area contributed by atoms with E-state index in [1.54, 1.807) is 11.8 Å². The van der Waals surface area contributed by atoms with E-state index in [1.807, 2.05) is 12.1 Å². The van der Waals surface area contributed by atoms with Crippen molar-refractivity contribution in [2.24, 2.45) is 0 Å². The smallest absolute Gasteiger partial charge is 0.119 e. The van der Waals surface area contributed by atoms with Crippen molar-refractivity contribution >= 4 is 27.7 Å². The topological polar surface area (TPSA) is 21.3 Å². The molecule has 0 aromatic heterocycles. The van der Waals surface area contributed by atoms with Gasteiger partial charge < -0.3 is 10.1 Å². The average molecular weight is 332 g/mol. The van der Waals surface area contributed by atoms with Gasteiger partial charge in [0.05, 0.1) is 6.61 Å². The number of halogens is 1. The number of ether oxygens (including phenoxy) is 1. The van der Waals surface area contributed by atoms with E-state index in [4.69, 9.17) is 4.74 Å². The highest BCUT2D eigenvalue weighted by Crippen LogP contribution is 2.23. The largest absolute Gasteiger partial charge is 0.493 e. The summed E-state index contributed by atoms with van der Waals surface area (Å²) in [4.78, 5) is 0. The van der Waals surface area contributed by atoms with Gasteiger partial charge in [-0.15, -0.1) is 0 Å². The third-order valence-electron chi connectivity index (χ3n) is 2.38. The van der Waals surface area contributed by atoms with E-state index in [0.717, 1.165) is 29.1 Å². The molecule has 0 aliphatic heterocycles. The molecule has 1 aromatic carbocycles. The van der Waals surface area contributed by atoms with Gasteiger partial charge in [0.25, 0.3) is 0 Å². The molecule has 1 rings (SSSR count). The lowest BCUT2D eigenvalue weighted by atomic mass is 10.1. The number of hydrogen-bond acceptors (Lipinski definition) is 3. The van der Waals surface area contributed by atoms with Crippen molar-refractivity contribution < 1.29 is 4.74 Å². The fraction of sp³-hybridized carbons (Fsp3) is 0.571. The molecule has 0 bridgehead atoms. The molecule has 0 saturated carbocycles. The number of thioether (sulfide) groups is 1. The Hall–Kier alpha value is -0.190. The van der Waals surface area contributed by atoms with E-state index >= 15 is 0 Å². The van der Waals surface area contributed by atoms with Gasteiger partial charge in [0.1, 0.15) is 5.75 Å². The number of benzene rings is 1. The summed E-state index contributed by atoms with van der Waals surface area (Å²) in [5.74, 6) is 1.96. The summed E-state index contributed by atoms with van der Waals surface area (Å²) >= 11 is 5.38. The van der Waals surface area contributed by atoms with E-state index in [-0.39, 0.29) is 5.54 Å². The molecule has 0 radical (unpaired) electrons. The van der Waals surface area contributed by atoms with Crippen LogP contribution in [0.5, 0.6) is 5.75 Å². The second-order valence-corrected chi connectivity index (χ2v) is 7.04. The van der Waals surface area contributed by atoms with Crippen molar-refractivity contribution in [2.75, 3.05) is 18.6 Å². The zero-order valence-electron chi connectivity index (χ0n) is 11.5. The molecule has 0 aliphatic carbocycles. The van der Waals surface area contributed by atoms with E-state index in [2.05, 4.69) is 54.3 Å². The number of rotatable bonds is 6. The summed E-state index contributed by atoms with van der Waals surface area (Å²) in [6.45, 7) is 8.10. The molecule has 0 spiro atoms. The highest BCUT2D eigenvalue weighted by Gasteiger charge is 2.10. The normalized spacial score (nSPS) is 11.6. The third kappa shape index (κ3) is 6.12. The zero-order chi connectivity index (χ0) is 13.6. The molecule has 102 valence electrons. The van der Waals surface area contributed by atoms with Crippen LogP contribution in [-0.2, 0) is 6.54 Å². The van der Waals surface area contributed by atoms with Crippen molar-refractivity contribution in [3.8, 4) is 5.75 Å². The maximum atomic E-state index is 5.70. The van der Waals surface area contributed by atoms with Gasteiger partial charge in [-0.05, 0) is 50.8 Å². The van der Waals surface area contributed by atoms with Gasteiger partial charge in [0, 0.05) is 22.3 Å². The Kier molecular flexibility index (Phi) is 6.53. The lowest BCUT2D eigenvalue weighted by Gasteiger charge is -2.21. The van der Waals surface area contributed by atoms with Crippen LogP contribution >= 0.6 is 27.7 Å². The standard InChI is InChI=1S/C14H22BrNOS/c1-14(2,3)16-10-11-9-12(5-6-13(11)15)17-7-8-18-4/h5-6,9,16H,7-8,10H2,1-4H3. The van der Waals surface area contributed by atoms with Crippen LogP contribution in [0.15, 0.2) is 22.7 Å². The minimum absolute atomic E-state index is 0.120. The van der Waals surface area contributed by atoms with Crippen molar-refractivity contribution in [1.82, 2.24) is 5.32 Å². The van der Waals surface area contributed by atoms with Crippen LogP contribution in [0.3, 0.4) is 0 Å². The second-order valence-electron chi connectivity index (χ2n) is 5.20. The predicted octanol–water partition coefficient (Wildman–Crippen LogP) is 4.08. The van der Waals surface area contributed by atoms with Crippen molar-refractivity contribution in [3.63, 3.8) is 0 Å². The summed E-state index contributed by atoms with van der Waals surface area (Å²) in [7, 11) is 0. The van der Waals surface area contributed by atoms with E-state index in [0.29, 0.717) is 0 Å². The van der Waals surface area contributed by atoms with E-state index < -0.39 is 0 Å². The van der Waals surface area contributed by atoms with Crippen LogP contribution in [0.1, 0.15) is 26.3 Å². The van der Waals surface area contributed by atoms with Crippen molar-refractivity contribution in [2.45, 2.75) is 32.9 Å². The molecule has 18 heavy (non-hydrogen) atoms. The summed E-state index contributed by atoms with van der Waals surface area (Å²) in [6.07, 6.45) is 2.09. The number of hydrogen-bond donors (Lipinski definition) is 1. The lowest BCUT2D eigenvalue weighted by Crippen LogP contribution is -2.35. The second kappa shape index (κ2) is 7.41. The summed E-state index contributed by atoms with van der Waals surface area (Å²) < 4.78 is 6.83. The third-order valence-corrected chi connectivity index (χ3v) is 3.73. The summed E-state index contributed by atoms with van der Waals surface area (Å²) in [5.41, 5.74) is 1.35. The first kappa shape index (κ1) is 15.9. The maximum Gasteiger partial charge on any atom is 0.119 e. The van der Waals surface area contributed by atoms with E-state index in [9.17, 15) is 0 Å². The van der Waals surface area contributed by atoms with Gasteiger partial charge in [0.2, 0.25) is 0 Å². The minimum Gasteiger partial charge on any atom is -0.493 e. The maximum absolute atomic E-state index is 5.70. The molecule has 1 N–H and O–H groups in total. The average Bonchev–Trinajstić information content (AvgIpc) is 2.29. The Balaban J connectivity index is 2.63. The monoisotopic (exact) mass is 331 g/mol. The Morgan fingerprint density at radius 3 is 2.67 bits per heavy atom. The number of nitrogens with one attached hydrogen (secondary N) is 1. The Labute approximate surface area is 123 Å². The first-order valence-corrected chi connectivity index (χ1v) is 8.26. The Morgan fingerprint density at radius 2 is 2.06 bits per heavy atom. The SMILES string of the molecule is CSCCOc1ccc(Br)c(CNC(C)(C)C)c1. The van der Waals surface area contributed by atoms with E-state index in [1.165, 1.54) is 5.56 Å². The van der Waals surface area contributed by atoms with Gasteiger partial charge >= 0.3 is 0 Å². The fourth-order valence-electron chi connectivity index (χ4n) is 1.38. The van der Waals surface area contributed by atoms with Crippen molar-refractivity contribution in [1.29, 1.82) is 0 Å². The van der Waals surface area contributed by atoms with Crippen LogP contribution in [0.4, 0.5) is 0 Å². The molecule has 0 atom stereocenters. The predicted molar refractivity (Wildman–Crippen MR) is 84.6 cm³/mol. The Bertz CT molecular complexity index is 377. The molecule has 0 heterocycles. The minimum atomic E-state index is 0.120. The molecule has 1 aromatic rings. The van der Waals surface area contributed by atoms with Gasteiger partial charge in [-0.2, -0.15) is 11.8 Å². The van der Waals surface area contributed by atoms with Crippen LogP contribution < -0.4 is 10.1 Å². The van der Waals surface area contributed by atoms with Crippen molar-refractivity contribution in [3.05, 3.63) is 28.2 Å².